The van der Waals surface area contributed by atoms with Crippen LogP contribution in [0, 0.1) is 22.7 Å². The van der Waals surface area contributed by atoms with Crippen LogP contribution in [0.1, 0.15) is 72.0 Å². The van der Waals surface area contributed by atoms with E-state index in [0.717, 1.165) is 30.5 Å². The highest BCUT2D eigenvalue weighted by molar-refractivity contribution is 5.77. The number of imidazole rings is 1. The number of benzene rings is 1. The Morgan fingerprint density at radius 3 is 2.56 bits per heavy atom. The lowest BCUT2D eigenvalue weighted by molar-refractivity contribution is -0.137. The van der Waals surface area contributed by atoms with Crippen molar-refractivity contribution in [2.45, 2.75) is 85.5 Å². The average molecular weight is 440 g/mol. The van der Waals surface area contributed by atoms with Crippen molar-refractivity contribution in [3.05, 3.63) is 34.2 Å². The molecule has 0 radical (unpaired) electrons. The Morgan fingerprint density at radius 2 is 1.88 bits per heavy atom. The predicted molar refractivity (Wildman–Crippen MR) is 126 cm³/mol. The fraction of sp³-hybridized carbons (Fsp3) is 0.692. The van der Waals surface area contributed by atoms with Crippen LogP contribution in [0.2, 0.25) is 0 Å². The number of ether oxygens (including phenoxy) is 1. The zero-order valence-corrected chi connectivity index (χ0v) is 20.1. The van der Waals surface area contributed by atoms with Crippen LogP contribution in [-0.4, -0.2) is 27.7 Å². The maximum atomic E-state index is 12.8. The molecule has 0 unspecified atom stereocenters. The molecule has 1 aliphatic heterocycles. The summed E-state index contributed by atoms with van der Waals surface area (Å²) >= 11 is 0. The highest BCUT2D eigenvalue weighted by Gasteiger charge is 2.68. The zero-order chi connectivity index (χ0) is 22.8. The first-order valence-corrected chi connectivity index (χ1v) is 12.4. The van der Waals surface area contributed by atoms with Gasteiger partial charge in [0, 0.05) is 32.2 Å². The van der Waals surface area contributed by atoms with E-state index in [4.69, 9.17) is 4.74 Å². The van der Waals surface area contributed by atoms with Gasteiger partial charge < -0.3 is 10.1 Å². The van der Waals surface area contributed by atoms with Crippen LogP contribution in [0.25, 0.3) is 11.0 Å². The summed E-state index contributed by atoms with van der Waals surface area (Å²) in [6.45, 7) is 12.7. The van der Waals surface area contributed by atoms with Crippen molar-refractivity contribution in [3.8, 4) is 0 Å². The zero-order valence-electron chi connectivity index (χ0n) is 20.1. The molecule has 2 aliphatic carbocycles. The number of rotatable bonds is 5. The summed E-state index contributed by atoms with van der Waals surface area (Å²) in [6, 6.07) is 6.64. The summed E-state index contributed by atoms with van der Waals surface area (Å²) in [6.07, 6.45) is 3.87. The molecule has 5 rings (SSSR count). The Hall–Kier alpha value is -2.08. The molecule has 1 spiro atoms. The van der Waals surface area contributed by atoms with Gasteiger partial charge in [0.25, 0.3) is 0 Å². The summed E-state index contributed by atoms with van der Waals surface area (Å²) in [5, 5.41) is 3.44. The van der Waals surface area contributed by atoms with E-state index in [1.807, 2.05) is 29.9 Å². The standard InChI is InChI=1S/C26H37N3O3/c1-6-21(30)27-23-25(4,5)17-14-18-22(32-12-11-26(18,23)15-17)16-9-10-19-20(13-16)29(8-3)24(31)28(19)7-2/h9-10,13,17-18,22-23H,6-8,11-12,14-15H2,1-5H3,(H,27,30)/t17-,18-,22-,23-,26-/m1/s1. The van der Waals surface area contributed by atoms with E-state index in [-0.39, 0.29) is 34.6 Å². The van der Waals surface area contributed by atoms with E-state index in [0.29, 0.717) is 31.3 Å². The minimum absolute atomic E-state index is 0.0145. The molecule has 32 heavy (non-hydrogen) atoms. The molecule has 2 bridgehead atoms. The molecule has 2 saturated carbocycles. The molecule has 2 heterocycles. The van der Waals surface area contributed by atoms with Gasteiger partial charge in [-0.2, -0.15) is 0 Å². The van der Waals surface area contributed by atoms with Crippen molar-refractivity contribution >= 4 is 16.9 Å². The minimum atomic E-state index is 0.0145. The number of aryl methyl sites for hydroxylation is 2. The van der Waals surface area contributed by atoms with Crippen LogP contribution in [0.4, 0.5) is 0 Å². The molecular weight excluding hydrogens is 402 g/mol. The van der Waals surface area contributed by atoms with E-state index in [2.05, 4.69) is 37.4 Å². The molecule has 6 nitrogen and oxygen atoms in total. The van der Waals surface area contributed by atoms with Gasteiger partial charge >= 0.3 is 5.69 Å². The van der Waals surface area contributed by atoms with E-state index >= 15 is 0 Å². The lowest BCUT2D eigenvalue weighted by Gasteiger charge is -2.53. The van der Waals surface area contributed by atoms with Crippen molar-refractivity contribution < 1.29 is 9.53 Å². The maximum Gasteiger partial charge on any atom is 0.329 e. The van der Waals surface area contributed by atoms with E-state index in [9.17, 15) is 9.59 Å². The molecule has 1 aromatic carbocycles. The van der Waals surface area contributed by atoms with Crippen molar-refractivity contribution in [3.63, 3.8) is 0 Å². The van der Waals surface area contributed by atoms with Crippen LogP contribution >= 0.6 is 0 Å². The van der Waals surface area contributed by atoms with Gasteiger partial charge in [0.15, 0.2) is 0 Å². The van der Waals surface area contributed by atoms with Gasteiger partial charge in [-0.1, -0.05) is 26.8 Å². The van der Waals surface area contributed by atoms with Crippen LogP contribution in [-0.2, 0) is 22.6 Å². The van der Waals surface area contributed by atoms with E-state index < -0.39 is 0 Å². The Labute approximate surface area is 190 Å². The highest BCUT2D eigenvalue weighted by atomic mass is 16.5. The van der Waals surface area contributed by atoms with Crippen molar-refractivity contribution in [2.75, 3.05) is 6.61 Å². The second kappa shape index (κ2) is 7.47. The van der Waals surface area contributed by atoms with Crippen molar-refractivity contribution in [2.24, 2.45) is 22.7 Å². The summed E-state index contributed by atoms with van der Waals surface area (Å²) in [4.78, 5) is 25.3. The van der Waals surface area contributed by atoms with Gasteiger partial charge in [0.05, 0.1) is 17.1 Å². The number of nitrogens with zero attached hydrogens (tertiary/aromatic N) is 2. The number of carbonyl (C=O) groups is 1. The fourth-order valence-corrected chi connectivity index (χ4v) is 7.51. The number of hydrogen-bond acceptors (Lipinski definition) is 3. The fourth-order valence-electron chi connectivity index (χ4n) is 7.51. The number of nitrogens with one attached hydrogen (secondary N) is 1. The molecule has 6 heteroatoms. The van der Waals surface area contributed by atoms with E-state index in [1.54, 1.807) is 0 Å². The monoisotopic (exact) mass is 439 g/mol. The van der Waals surface area contributed by atoms with Gasteiger partial charge in [0.1, 0.15) is 0 Å². The molecule has 2 aromatic rings. The van der Waals surface area contributed by atoms with Crippen LogP contribution in [0.5, 0.6) is 0 Å². The SMILES string of the molecule is CCC(=O)N[C@@H]1C(C)(C)[C@@H]2C[C@@H]3[C@@H](c4ccc5c(c4)n(CC)c(=O)n5CC)OCC[C@@]31C2. The van der Waals surface area contributed by atoms with E-state index in [1.165, 1.54) is 12.0 Å². The van der Waals surface area contributed by atoms with Crippen LogP contribution in [0.15, 0.2) is 23.0 Å². The van der Waals surface area contributed by atoms with Crippen LogP contribution < -0.4 is 11.0 Å². The molecule has 3 aliphatic rings. The lowest BCUT2D eigenvalue weighted by Crippen LogP contribution is -2.58. The molecule has 5 atom stereocenters. The summed E-state index contributed by atoms with van der Waals surface area (Å²) in [7, 11) is 0. The van der Waals surface area contributed by atoms with Crippen LogP contribution in [0.3, 0.4) is 0 Å². The van der Waals surface area contributed by atoms with Gasteiger partial charge in [0.2, 0.25) is 5.91 Å². The first kappa shape index (κ1) is 21.7. The first-order chi connectivity index (χ1) is 15.3. The molecular formula is C26H37N3O3. The van der Waals surface area contributed by atoms with Gasteiger partial charge in [-0.3, -0.25) is 13.9 Å². The third-order valence-electron chi connectivity index (χ3n) is 9.14. The van der Waals surface area contributed by atoms with Gasteiger partial charge in [-0.05, 0) is 73.5 Å². The van der Waals surface area contributed by atoms with Gasteiger partial charge in [-0.15, -0.1) is 0 Å². The molecule has 1 N–H and O–H groups in total. The van der Waals surface area contributed by atoms with Crippen molar-refractivity contribution in [1.82, 2.24) is 14.5 Å². The Balaban J connectivity index is 1.56. The lowest BCUT2D eigenvalue weighted by atomic mass is 9.59. The molecule has 1 saturated heterocycles. The first-order valence-electron chi connectivity index (χ1n) is 12.4. The Morgan fingerprint density at radius 1 is 1.16 bits per heavy atom. The summed E-state index contributed by atoms with van der Waals surface area (Å²) in [5.74, 6) is 1.14. The Kier molecular flexibility index (Phi) is 5.08. The smallest absolute Gasteiger partial charge is 0.329 e. The topological polar surface area (TPSA) is 65.3 Å². The summed E-state index contributed by atoms with van der Waals surface area (Å²) < 4.78 is 10.2. The number of carbonyl (C=O) groups excluding carboxylic acids is 1. The average Bonchev–Trinajstić information content (AvgIpc) is 3.37. The molecule has 174 valence electrons. The molecule has 1 amide bonds. The third kappa shape index (κ3) is 2.81. The second-order valence-electron chi connectivity index (χ2n) is 10.7. The molecule has 1 aromatic heterocycles. The molecule has 3 fully saturated rings. The minimum Gasteiger partial charge on any atom is -0.373 e. The third-order valence-corrected chi connectivity index (χ3v) is 9.14. The predicted octanol–water partition coefficient (Wildman–Crippen LogP) is 4.25. The quantitative estimate of drug-likeness (QED) is 0.757. The number of aromatic nitrogens is 2. The normalized spacial score (nSPS) is 32.9. The maximum absolute atomic E-state index is 12.8. The summed E-state index contributed by atoms with van der Waals surface area (Å²) in [5.41, 5.74) is 3.43. The van der Waals surface area contributed by atoms with Gasteiger partial charge in [-0.25, -0.2) is 4.79 Å². The largest absolute Gasteiger partial charge is 0.373 e. The Bertz CT molecular complexity index is 1110. The highest BCUT2D eigenvalue weighted by Crippen LogP contribution is 2.70. The van der Waals surface area contributed by atoms with Crippen molar-refractivity contribution in [1.29, 1.82) is 0 Å². The number of hydrogen-bond donors (Lipinski definition) is 1. The number of amides is 1. The second-order valence-corrected chi connectivity index (χ2v) is 10.7. The number of fused-ring (bicyclic) bond motifs is 2.